The number of carbonyl (C=O) groups is 3. The lowest BCUT2D eigenvalue weighted by molar-refractivity contribution is -0.143. The lowest BCUT2D eigenvalue weighted by Crippen LogP contribution is -2.49. The van der Waals surface area contributed by atoms with E-state index < -0.39 is 29.8 Å². The first-order chi connectivity index (χ1) is 11.9. The maximum absolute atomic E-state index is 13.8. The molecule has 25 heavy (non-hydrogen) atoms. The summed E-state index contributed by atoms with van der Waals surface area (Å²) in [6.07, 6.45) is 0.260. The predicted molar refractivity (Wildman–Crippen MR) is 89.7 cm³/mol. The number of benzene rings is 1. The van der Waals surface area contributed by atoms with Gasteiger partial charge in [0.1, 0.15) is 6.04 Å². The Morgan fingerprint density at radius 1 is 1.48 bits per heavy atom. The second kappa shape index (κ2) is 8.19. The number of halogens is 1. The molecule has 1 aliphatic heterocycles. The smallest absolute Gasteiger partial charge is 0.330 e. The number of carbonyl (C=O) groups excluding carboxylic acids is 2. The van der Waals surface area contributed by atoms with Crippen LogP contribution in [0, 0.1) is 5.82 Å². The molecule has 0 spiro atoms. The minimum atomic E-state index is -1.42. The van der Waals surface area contributed by atoms with Crippen LogP contribution in [-0.4, -0.2) is 52.6 Å². The van der Waals surface area contributed by atoms with Gasteiger partial charge in [0.15, 0.2) is 17.6 Å². The van der Waals surface area contributed by atoms with Crippen molar-refractivity contribution in [2.75, 3.05) is 18.7 Å². The molecule has 1 aliphatic rings. The van der Waals surface area contributed by atoms with Crippen LogP contribution in [0.15, 0.2) is 18.2 Å². The summed E-state index contributed by atoms with van der Waals surface area (Å²) < 4.78 is 18.6. The van der Waals surface area contributed by atoms with Crippen molar-refractivity contribution in [3.8, 4) is 5.75 Å². The highest BCUT2D eigenvalue weighted by atomic mass is 32.2. The average Bonchev–Trinajstić information content (AvgIpc) is 3.08. The summed E-state index contributed by atoms with van der Waals surface area (Å²) in [6, 6.07) is 1.53. The fourth-order valence-electron chi connectivity index (χ4n) is 2.50. The third-order valence-electron chi connectivity index (χ3n) is 3.85. The number of hydrogen-bond acceptors (Lipinski definition) is 5. The molecule has 2 rings (SSSR count). The molecule has 7 nitrogen and oxygen atoms in total. The molecule has 2 atom stereocenters. The molecule has 0 aromatic heterocycles. The van der Waals surface area contributed by atoms with Crippen LogP contribution in [0.25, 0.3) is 0 Å². The normalized spacial score (nSPS) is 17.9. The fraction of sp³-hybridized carbons (Fsp3) is 0.438. The molecule has 2 unspecified atom stereocenters. The van der Waals surface area contributed by atoms with Gasteiger partial charge < -0.3 is 20.1 Å². The largest absolute Gasteiger partial charge is 0.494 e. The molecule has 0 bridgehead atoms. The SMILES string of the molecule is CCC(=O)N1CSCC1C(=O)NC(C(=O)O)c1ccc(OC)c(F)c1. The highest BCUT2D eigenvalue weighted by Gasteiger charge is 2.36. The molecule has 0 radical (unpaired) electrons. The van der Waals surface area contributed by atoms with Gasteiger partial charge in [-0.05, 0) is 17.7 Å². The van der Waals surface area contributed by atoms with E-state index in [1.165, 1.54) is 35.9 Å². The van der Waals surface area contributed by atoms with Gasteiger partial charge in [-0.25, -0.2) is 9.18 Å². The van der Waals surface area contributed by atoms with Gasteiger partial charge in [-0.15, -0.1) is 11.8 Å². The number of hydrogen-bond donors (Lipinski definition) is 2. The number of amides is 2. The van der Waals surface area contributed by atoms with Crippen LogP contribution >= 0.6 is 11.8 Å². The number of nitrogens with zero attached hydrogens (tertiary/aromatic N) is 1. The molecule has 1 heterocycles. The predicted octanol–water partition coefficient (Wildman–Crippen LogP) is 1.39. The van der Waals surface area contributed by atoms with Crippen molar-refractivity contribution >= 4 is 29.5 Å². The van der Waals surface area contributed by atoms with E-state index in [4.69, 9.17) is 4.74 Å². The molecule has 2 N–H and O–H groups in total. The molecular weight excluding hydrogens is 351 g/mol. The number of nitrogens with one attached hydrogen (secondary N) is 1. The molecule has 1 aromatic carbocycles. The molecule has 9 heteroatoms. The Labute approximate surface area is 148 Å². The van der Waals surface area contributed by atoms with E-state index in [0.29, 0.717) is 11.6 Å². The molecule has 1 aromatic rings. The second-order valence-corrected chi connectivity index (χ2v) is 6.41. The molecule has 1 fully saturated rings. The van der Waals surface area contributed by atoms with E-state index in [9.17, 15) is 23.9 Å². The first-order valence-electron chi connectivity index (χ1n) is 7.62. The second-order valence-electron chi connectivity index (χ2n) is 5.41. The van der Waals surface area contributed by atoms with Crippen LogP contribution in [0.3, 0.4) is 0 Å². The summed E-state index contributed by atoms with van der Waals surface area (Å²) in [5, 5.41) is 11.8. The van der Waals surface area contributed by atoms with E-state index in [-0.39, 0.29) is 23.6 Å². The highest BCUT2D eigenvalue weighted by Crippen LogP contribution is 2.25. The first-order valence-corrected chi connectivity index (χ1v) is 8.78. The summed E-state index contributed by atoms with van der Waals surface area (Å²) in [4.78, 5) is 37.3. The van der Waals surface area contributed by atoms with Gasteiger partial charge in [-0.3, -0.25) is 9.59 Å². The quantitative estimate of drug-likeness (QED) is 0.786. The Morgan fingerprint density at radius 2 is 2.20 bits per heavy atom. The Bertz CT molecular complexity index is 684. The van der Waals surface area contributed by atoms with Crippen LogP contribution in [-0.2, 0) is 14.4 Å². The maximum atomic E-state index is 13.8. The van der Waals surface area contributed by atoms with Crippen molar-refractivity contribution in [3.05, 3.63) is 29.6 Å². The van der Waals surface area contributed by atoms with Crippen molar-refractivity contribution < 1.29 is 28.6 Å². The zero-order chi connectivity index (χ0) is 18.6. The minimum Gasteiger partial charge on any atom is -0.494 e. The Hall–Kier alpha value is -2.29. The number of carboxylic acids is 1. The monoisotopic (exact) mass is 370 g/mol. The van der Waals surface area contributed by atoms with E-state index in [1.807, 2.05) is 0 Å². The molecule has 0 saturated carbocycles. The maximum Gasteiger partial charge on any atom is 0.330 e. The van der Waals surface area contributed by atoms with Gasteiger partial charge >= 0.3 is 5.97 Å². The number of thioether (sulfide) groups is 1. The van der Waals surface area contributed by atoms with Crippen molar-refractivity contribution in [2.24, 2.45) is 0 Å². The third kappa shape index (κ3) is 4.22. The lowest BCUT2D eigenvalue weighted by Gasteiger charge is -2.24. The van der Waals surface area contributed by atoms with Gasteiger partial charge in [0.2, 0.25) is 11.8 Å². The Morgan fingerprint density at radius 3 is 2.76 bits per heavy atom. The number of carboxylic acid groups (broad SMARTS) is 1. The molecule has 136 valence electrons. The Balaban J connectivity index is 2.19. The number of rotatable bonds is 6. The van der Waals surface area contributed by atoms with Gasteiger partial charge in [-0.1, -0.05) is 13.0 Å². The van der Waals surface area contributed by atoms with E-state index in [0.717, 1.165) is 6.07 Å². The van der Waals surface area contributed by atoms with Crippen LogP contribution < -0.4 is 10.1 Å². The van der Waals surface area contributed by atoms with Crippen LogP contribution in [0.5, 0.6) is 5.75 Å². The van der Waals surface area contributed by atoms with Crippen LogP contribution in [0.1, 0.15) is 24.9 Å². The summed E-state index contributed by atoms with van der Waals surface area (Å²) in [7, 11) is 1.30. The zero-order valence-electron chi connectivity index (χ0n) is 13.8. The summed E-state index contributed by atoms with van der Waals surface area (Å²) >= 11 is 1.42. The topological polar surface area (TPSA) is 95.9 Å². The number of aliphatic carboxylic acids is 1. The van der Waals surface area contributed by atoms with Gasteiger partial charge in [0, 0.05) is 12.2 Å². The third-order valence-corrected chi connectivity index (χ3v) is 4.86. The number of ether oxygens (including phenoxy) is 1. The summed E-state index contributed by atoms with van der Waals surface area (Å²) in [5.74, 6) is -2.04. The van der Waals surface area contributed by atoms with E-state index >= 15 is 0 Å². The summed E-state index contributed by atoms with van der Waals surface area (Å²) in [6.45, 7) is 1.69. The average molecular weight is 370 g/mol. The molecular formula is C16H19FN2O5S. The lowest BCUT2D eigenvalue weighted by atomic mass is 10.1. The fourth-order valence-corrected chi connectivity index (χ4v) is 3.68. The molecule has 2 amide bonds. The van der Waals surface area contributed by atoms with Crippen molar-refractivity contribution in [1.82, 2.24) is 10.2 Å². The highest BCUT2D eigenvalue weighted by molar-refractivity contribution is 7.99. The minimum absolute atomic E-state index is 0.0221. The molecule has 1 saturated heterocycles. The van der Waals surface area contributed by atoms with E-state index in [1.54, 1.807) is 6.92 Å². The number of methoxy groups -OCH3 is 1. The first kappa shape index (κ1) is 19.0. The Kier molecular flexibility index (Phi) is 6.24. The van der Waals surface area contributed by atoms with Crippen molar-refractivity contribution in [2.45, 2.75) is 25.4 Å². The van der Waals surface area contributed by atoms with Crippen LogP contribution in [0.4, 0.5) is 4.39 Å². The van der Waals surface area contributed by atoms with Gasteiger partial charge in [-0.2, -0.15) is 0 Å². The van der Waals surface area contributed by atoms with Crippen LogP contribution in [0.2, 0.25) is 0 Å². The van der Waals surface area contributed by atoms with Gasteiger partial charge in [0.25, 0.3) is 0 Å². The van der Waals surface area contributed by atoms with Gasteiger partial charge in [0.05, 0.1) is 13.0 Å². The molecule has 0 aliphatic carbocycles. The van der Waals surface area contributed by atoms with Crippen molar-refractivity contribution in [1.29, 1.82) is 0 Å². The van der Waals surface area contributed by atoms with E-state index in [2.05, 4.69) is 5.32 Å². The zero-order valence-corrected chi connectivity index (χ0v) is 14.6. The summed E-state index contributed by atoms with van der Waals surface area (Å²) in [5.41, 5.74) is 0.0816. The van der Waals surface area contributed by atoms with Crippen molar-refractivity contribution in [3.63, 3.8) is 0 Å². The standard InChI is InChI=1S/C16H19FN2O5S/c1-3-13(20)19-8-25-7-11(19)15(21)18-14(16(22)23)9-4-5-12(24-2)10(17)6-9/h4-6,11,14H,3,7-8H2,1-2H3,(H,18,21)(H,22,23).